The maximum absolute atomic E-state index is 10.9. The number of aliphatic carboxylic acids is 3. The predicted octanol–water partition coefficient (Wildman–Crippen LogP) is 0.787. The summed E-state index contributed by atoms with van der Waals surface area (Å²) in [4.78, 5) is 41.4. The quantitative estimate of drug-likeness (QED) is 0.486. The molecule has 1 amide bonds. The number of rotatable bonds is 7. The highest BCUT2D eigenvalue weighted by Crippen LogP contribution is 2.15. The third-order valence-corrected chi connectivity index (χ3v) is 2.66. The highest BCUT2D eigenvalue weighted by atomic mass is 16.4. The normalized spacial score (nSPS) is 10.1. The maximum Gasteiger partial charge on any atom is 0.336 e. The van der Waals surface area contributed by atoms with E-state index in [9.17, 15) is 19.2 Å². The molecule has 0 aromatic heterocycles. The third-order valence-electron chi connectivity index (χ3n) is 2.66. The van der Waals surface area contributed by atoms with Crippen molar-refractivity contribution in [3.63, 3.8) is 0 Å². The molecule has 1 aromatic rings. The standard InChI is InChI=1S/C9H11NO.C6H8O7/c1-2-9(11)10-8-6-4-3-5-7-8;7-3(8)1-6(13,5(11)12)2-4(9)10/h3-7H,2H2,1H3,(H,10,11);13H,1-2H2,(H,7,8)(H,9,10)(H,11,12). The van der Waals surface area contributed by atoms with Crippen molar-refractivity contribution in [1.29, 1.82) is 0 Å². The molecule has 0 atom stereocenters. The lowest BCUT2D eigenvalue weighted by Gasteiger charge is -2.18. The summed E-state index contributed by atoms with van der Waals surface area (Å²) in [5.41, 5.74) is -1.88. The van der Waals surface area contributed by atoms with Gasteiger partial charge in [-0.05, 0) is 12.1 Å². The number of carbonyl (C=O) groups is 4. The first-order valence-electron chi connectivity index (χ1n) is 6.85. The zero-order chi connectivity index (χ0) is 18.8. The van der Waals surface area contributed by atoms with Gasteiger partial charge < -0.3 is 25.7 Å². The molecule has 0 fully saturated rings. The predicted molar refractivity (Wildman–Crippen MR) is 82.5 cm³/mol. The number of carbonyl (C=O) groups excluding carboxylic acids is 1. The van der Waals surface area contributed by atoms with Crippen LogP contribution in [0.1, 0.15) is 26.2 Å². The van der Waals surface area contributed by atoms with E-state index >= 15 is 0 Å². The topological polar surface area (TPSA) is 161 Å². The smallest absolute Gasteiger partial charge is 0.336 e. The second-order valence-electron chi connectivity index (χ2n) is 4.75. The van der Waals surface area contributed by atoms with Gasteiger partial charge in [0.1, 0.15) is 0 Å². The molecule has 0 aliphatic rings. The van der Waals surface area contributed by atoms with Crippen molar-refractivity contribution < 1.29 is 39.6 Å². The largest absolute Gasteiger partial charge is 0.481 e. The van der Waals surface area contributed by atoms with Crippen molar-refractivity contribution in [3.05, 3.63) is 30.3 Å². The molecular weight excluding hydrogens is 322 g/mol. The van der Waals surface area contributed by atoms with E-state index in [1.165, 1.54) is 0 Å². The average molecular weight is 341 g/mol. The van der Waals surface area contributed by atoms with Crippen molar-refractivity contribution in [2.75, 3.05) is 5.32 Å². The Morgan fingerprint density at radius 2 is 1.42 bits per heavy atom. The summed E-state index contributed by atoms with van der Waals surface area (Å²) in [6.07, 6.45) is -1.77. The fraction of sp³-hybridized carbons (Fsp3) is 0.333. The Hall–Kier alpha value is -2.94. The Balaban J connectivity index is 0.000000446. The minimum absolute atomic E-state index is 0.0520. The van der Waals surface area contributed by atoms with Gasteiger partial charge in [0.2, 0.25) is 5.91 Å². The van der Waals surface area contributed by atoms with Crippen LogP contribution in [0.5, 0.6) is 0 Å². The van der Waals surface area contributed by atoms with Gasteiger partial charge in [0.05, 0.1) is 12.8 Å². The number of carboxylic acid groups (broad SMARTS) is 3. The van der Waals surface area contributed by atoms with E-state index in [0.29, 0.717) is 6.42 Å². The molecule has 9 heteroatoms. The number of hydrogen-bond acceptors (Lipinski definition) is 5. The third kappa shape index (κ3) is 8.49. The summed E-state index contributed by atoms with van der Waals surface area (Å²) in [7, 11) is 0. The molecule has 9 nitrogen and oxygen atoms in total. The summed E-state index contributed by atoms with van der Waals surface area (Å²) in [5.74, 6) is -4.97. The molecule has 1 rings (SSSR count). The number of amides is 1. The van der Waals surface area contributed by atoms with Crippen LogP contribution in [-0.4, -0.2) is 49.8 Å². The van der Waals surface area contributed by atoms with E-state index in [1.807, 2.05) is 37.3 Å². The van der Waals surface area contributed by atoms with E-state index in [1.54, 1.807) is 0 Å². The first-order chi connectivity index (χ1) is 11.1. The molecule has 1 aromatic carbocycles. The van der Waals surface area contributed by atoms with Crippen molar-refractivity contribution in [2.45, 2.75) is 31.8 Å². The van der Waals surface area contributed by atoms with Crippen LogP contribution in [0.4, 0.5) is 5.69 Å². The van der Waals surface area contributed by atoms with Crippen LogP contribution in [0.2, 0.25) is 0 Å². The fourth-order valence-corrected chi connectivity index (χ4v) is 1.48. The van der Waals surface area contributed by atoms with E-state index in [-0.39, 0.29) is 5.91 Å². The summed E-state index contributed by atoms with van der Waals surface area (Å²) in [6, 6.07) is 9.44. The van der Waals surface area contributed by atoms with Gasteiger partial charge >= 0.3 is 17.9 Å². The second-order valence-corrected chi connectivity index (χ2v) is 4.75. The number of benzene rings is 1. The molecule has 24 heavy (non-hydrogen) atoms. The van der Waals surface area contributed by atoms with Crippen LogP contribution in [0.15, 0.2) is 30.3 Å². The number of hydrogen-bond donors (Lipinski definition) is 5. The molecule has 0 saturated carbocycles. The van der Waals surface area contributed by atoms with Crippen molar-refractivity contribution in [1.82, 2.24) is 0 Å². The number of anilines is 1. The molecule has 0 saturated heterocycles. The zero-order valence-corrected chi connectivity index (χ0v) is 12.9. The lowest BCUT2D eigenvalue weighted by molar-refractivity contribution is -0.170. The second kappa shape index (κ2) is 9.95. The number of para-hydroxylation sites is 1. The van der Waals surface area contributed by atoms with E-state index < -0.39 is 36.4 Å². The molecule has 0 aliphatic carbocycles. The SMILES string of the molecule is CCC(=O)Nc1ccccc1.O=C(O)CC(O)(CC(=O)O)C(=O)O. The minimum Gasteiger partial charge on any atom is -0.481 e. The van der Waals surface area contributed by atoms with Gasteiger partial charge in [-0.25, -0.2) is 4.79 Å². The monoisotopic (exact) mass is 341 g/mol. The number of nitrogens with one attached hydrogen (secondary N) is 1. The number of carboxylic acids is 3. The Morgan fingerprint density at radius 3 is 1.75 bits per heavy atom. The molecule has 0 unspecified atom stereocenters. The van der Waals surface area contributed by atoms with Gasteiger partial charge in [-0.1, -0.05) is 25.1 Å². The van der Waals surface area contributed by atoms with Crippen molar-refractivity contribution in [3.8, 4) is 0 Å². The highest BCUT2D eigenvalue weighted by molar-refractivity contribution is 5.90. The maximum atomic E-state index is 10.9. The summed E-state index contributed by atoms with van der Waals surface area (Å²) in [6.45, 7) is 1.83. The molecule has 5 N–H and O–H groups in total. The van der Waals surface area contributed by atoms with Crippen LogP contribution in [0.3, 0.4) is 0 Å². The van der Waals surface area contributed by atoms with Gasteiger partial charge in [0, 0.05) is 12.1 Å². The van der Waals surface area contributed by atoms with Gasteiger partial charge in [0.15, 0.2) is 5.60 Å². The summed E-state index contributed by atoms with van der Waals surface area (Å²) >= 11 is 0. The highest BCUT2D eigenvalue weighted by Gasteiger charge is 2.40. The van der Waals surface area contributed by atoms with Crippen LogP contribution in [0.25, 0.3) is 0 Å². The van der Waals surface area contributed by atoms with Crippen molar-refractivity contribution >= 4 is 29.5 Å². The molecule has 0 heterocycles. The molecule has 0 radical (unpaired) electrons. The lowest BCUT2D eigenvalue weighted by Crippen LogP contribution is -2.42. The Kier molecular flexibility index (Phi) is 8.73. The van der Waals surface area contributed by atoms with Gasteiger partial charge in [-0.3, -0.25) is 14.4 Å². The summed E-state index contributed by atoms with van der Waals surface area (Å²) in [5, 5.41) is 36.6. The Morgan fingerprint density at radius 1 is 0.958 bits per heavy atom. The molecule has 132 valence electrons. The van der Waals surface area contributed by atoms with E-state index in [2.05, 4.69) is 5.32 Å². The van der Waals surface area contributed by atoms with E-state index in [0.717, 1.165) is 5.69 Å². The Bertz CT molecular complexity index is 568. The summed E-state index contributed by atoms with van der Waals surface area (Å²) < 4.78 is 0. The molecule has 0 spiro atoms. The minimum atomic E-state index is -2.74. The van der Waals surface area contributed by atoms with Crippen molar-refractivity contribution in [2.24, 2.45) is 0 Å². The fourth-order valence-electron chi connectivity index (χ4n) is 1.48. The van der Waals surface area contributed by atoms with Gasteiger partial charge in [0.25, 0.3) is 0 Å². The zero-order valence-electron chi connectivity index (χ0n) is 12.9. The lowest BCUT2D eigenvalue weighted by atomic mass is 9.96. The Labute approximate surface area is 137 Å². The van der Waals surface area contributed by atoms with Crippen LogP contribution >= 0.6 is 0 Å². The van der Waals surface area contributed by atoms with Crippen LogP contribution in [-0.2, 0) is 19.2 Å². The first kappa shape index (κ1) is 21.1. The van der Waals surface area contributed by atoms with E-state index in [4.69, 9.17) is 20.4 Å². The first-order valence-corrected chi connectivity index (χ1v) is 6.85. The van der Waals surface area contributed by atoms with Gasteiger partial charge in [-0.2, -0.15) is 0 Å². The van der Waals surface area contributed by atoms with Crippen LogP contribution in [0, 0.1) is 0 Å². The molecular formula is C15H19NO8. The average Bonchev–Trinajstić information content (AvgIpc) is 2.47. The van der Waals surface area contributed by atoms with Crippen LogP contribution < -0.4 is 5.32 Å². The van der Waals surface area contributed by atoms with Gasteiger partial charge in [-0.15, -0.1) is 0 Å². The number of aliphatic hydroxyl groups is 1. The molecule has 0 bridgehead atoms. The molecule has 0 aliphatic heterocycles.